The van der Waals surface area contributed by atoms with Crippen LogP contribution in [0.5, 0.6) is 0 Å². The third kappa shape index (κ3) is 7.94. The van der Waals surface area contributed by atoms with Crippen molar-refractivity contribution in [3.63, 3.8) is 0 Å². The quantitative estimate of drug-likeness (QED) is 0.137. The van der Waals surface area contributed by atoms with E-state index in [1.54, 1.807) is 0 Å². The molecule has 0 amide bonds. The fourth-order valence-corrected chi connectivity index (χ4v) is 15.3. The van der Waals surface area contributed by atoms with Crippen LogP contribution in [0.1, 0.15) is 47.2 Å². The minimum atomic E-state index is -0.352. The Hall–Kier alpha value is -11.5. The Morgan fingerprint density at radius 2 is 0.544 bits per heavy atom. The normalized spacial score (nSPS) is 13.4. The highest BCUT2D eigenvalue weighted by atomic mass is 16.3. The summed E-state index contributed by atoms with van der Waals surface area (Å²) < 4.78 is 13.9. The van der Waals surface area contributed by atoms with Crippen molar-refractivity contribution in [2.75, 3.05) is 9.80 Å². The molecular formula is C86H58N2O2. The highest BCUT2D eigenvalue weighted by molar-refractivity contribution is 6.16. The minimum Gasteiger partial charge on any atom is -0.456 e. The lowest BCUT2D eigenvalue weighted by molar-refractivity contribution is 0.668. The lowest BCUT2D eigenvalue weighted by Crippen LogP contribution is -2.23. The standard InChI is InChI=1S/C86H58N2O2/c1-85(77-31-13-9-27-69(77)70-28-10-14-32-78(70)85)61-23-17-25-65(51-61)87(63-39-35-57(36-40-63)55-19-5-3-6-20-55)67-43-45-73-75-47-59-50-82-76(48-60(59)49-81(75)89-83(73)53-67)74-46-44-68(54-84(74)90-82)88(64-41-37-58(38-42-64)56-21-7-4-8-22-56)66-26-18-24-62(52-66)86(2)79-33-15-11-29-71(79)72-30-12-16-34-80(72)86/h3-54H,1-2H3. The Morgan fingerprint density at radius 3 is 0.922 bits per heavy atom. The second-order valence-electron chi connectivity index (χ2n) is 24.6. The molecule has 424 valence electrons. The van der Waals surface area contributed by atoms with E-state index >= 15 is 0 Å². The summed E-state index contributed by atoms with van der Waals surface area (Å²) in [6.45, 7) is 4.76. The molecule has 2 heterocycles. The maximum absolute atomic E-state index is 6.97. The van der Waals surface area contributed by atoms with Gasteiger partial charge in [0.15, 0.2) is 0 Å². The van der Waals surface area contributed by atoms with E-state index in [0.717, 1.165) is 88.8 Å². The van der Waals surface area contributed by atoms with E-state index in [1.807, 2.05) is 0 Å². The Balaban J connectivity index is 0.728. The molecule has 0 saturated carbocycles. The van der Waals surface area contributed by atoms with E-state index in [1.165, 1.54) is 77.9 Å². The Morgan fingerprint density at radius 1 is 0.233 bits per heavy atom. The van der Waals surface area contributed by atoms with Crippen LogP contribution in [0.3, 0.4) is 0 Å². The molecule has 0 fully saturated rings. The highest BCUT2D eigenvalue weighted by Crippen LogP contribution is 2.55. The van der Waals surface area contributed by atoms with Gasteiger partial charge in [-0.15, -0.1) is 0 Å². The average molecular weight is 1150 g/mol. The fourth-order valence-electron chi connectivity index (χ4n) is 15.3. The monoisotopic (exact) mass is 1150 g/mol. The van der Waals surface area contributed by atoms with Crippen molar-refractivity contribution in [2.24, 2.45) is 0 Å². The minimum absolute atomic E-state index is 0.352. The van der Waals surface area contributed by atoms with E-state index in [0.29, 0.717) is 0 Å². The molecular weight excluding hydrogens is 1090 g/mol. The molecule has 14 aromatic carbocycles. The van der Waals surface area contributed by atoms with Gasteiger partial charge in [-0.05, 0) is 200 Å². The smallest absolute Gasteiger partial charge is 0.137 e. The molecule has 18 rings (SSSR count). The van der Waals surface area contributed by atoms with Crippen molar-refractivity contribution in [3.05, 3.63) is 349 Å². The zero-order valence-electron chi connectivity index (χ0n) is 49.7. The number of hydrogen-bond acceptors (Lipinski definition) is 4. The van der Waals surface area contributed by atoms with E-state index in [9.17, 15) is 0 Å². The number of rotatable bonds is 10. The first kappa shape index (κ1) is 51.7. The van der Waals surface area contributed by atoms with Crippen molar-refractivity contribution < 1.29 is 8.83 Å². The van der Waals surface area contributed by atoms with E-state index in [2.05, 4.69) is 339 Å². The van der Waals surface area contributed by atoms with Crippen LogP contribution >= 0.6 is 0 Å². The molecule has 2 aromatic heterocycles. The number of fused-ring (bicyclic) bond motifs is 13. The number of furan rings is 2. The van der Waals surface area contributed by atoms with E-state index in [-0.39, 0.29) is 10.8 Å². The van der Waals surface area contributed by atoms with Crippen molar-refractivity contribution in [1.29, 1.82) is 0 Å². The van der Waals surface area contributed by atoms with Crippen LogP contribution in [-0.2, 0) is 10.8 Å². The second kappa shape index (κ2) is 20.0. The first-order chi connectivity index (χ1) is 44.3. The topological polar surface area (TPSA) is 32.8 Å². The number of nitrogens with zero attached hydrogens (tertiary/aromatic N) is 2. The van der Waals surface area contributed by atoms with Gasteiger partial charge >= 0.3 is 0 Å². The van der Waals surface area contributed by atoms with Crippen LogP contribution in [0.4, 0.5) is 34.1 Å². The van der Waals surface area contributed by atoms with Crippen LogP contribution in [0.25, 0.3) is 99.2 Å². The zero-order chi connectivity index (χ0) is 59.7. The summed E-state index contributed by atoms with van der Waals surface area (Å²) in [7, 11) is 0. The largest absolute Gasteiger partial charge is 0.456 e. The SMILES string of the molecule is CC1(c2cccc(N(c3ccc(-c4ccccc4)cc3)c3ccc4c(c3)oc3cc5cc6c(cc5cc34)oc3cc(N(c4ccc(-c5ccccc5)cc4)c4cccc(C5(C)c7ccccc7-c7ccccc75)c4)ccc36)c2)c2ccccc2-c2ccccc21. The molecule has 16 aromatic rings. The molecule has 0 spiro atoms. The Bertz CT molecular complexity index is 5090. The molecule has 0 N–H and O–H groups in total. The van der Waals surface area contributed by atoms with Crippen molar-refractivity contribution in [2.45, 2.75) is 24.7 Å². The van der Waals surface area contributed by atoms with Crippen LogP contribution in [-0.4, -0.2) is 0 Å². The summed E-state index contributed by atoms with van der Waals surface area (Å²) >= 11 is 0. The van der Waals surface area contributed by atoms with Crippen LogP contribution < -0.4 is 9.80 Å². The summed E-state index contributed by atoms with van der Waals surface area (Å²) in [5.41, 5.74) is 26.5. The van der Waals surface area contributed by atoms with Gasteiger partial charge in [0.25, 0.3) is 0 Å². The Kier molecular flexibility index (Phi) is 11.5. The summed E-state index contributed by atoms with van der Waals surface area (Å²) in [6.07, 6.45) is 0. The predicted molar refractivity (Wildman–Crippen MR) is 374 cm³/mol. The van der Waals surface area contributed by atoms with Crippen LogP contribution in [0.2, 0.25) is 0 Å². The average Bonchev–Trinajstić information content (AvgIpc) is 1.62. The maximum atomic E-state index is 6.97. The molecule has 2 aliphatic rings. The van der Waals surface area contributed by atoms with E-state index in [4.69, 9.17) is 8.83 Å². The zero-order valence-corrected chi connectivity index (χ0v) is 49.7. The fraction of sp³-hybridized carbons (Fsp3) is 0.0465. The molecule has 0 aliphatic heterocycles. The van der Waals surface area contributed by atoms with Gasteiger partial charge < -0.3 is 18.6 Å². The molecule has 0 bridgehead atoms. The van der Waals surface area contributed by atoms with Crippen molar-refractivity contribution >= 4 is 88.8 Å². The summed E-state index contributed by atoms with van der Waals surface area (Å²) in [5, 5.41) is 6.40. The van der Waals surface area contributed by atoms with Gasteiger partial charge in [-0.2, -0.15) is 0 Å². The first-order valence-electron chi connectivity index (χ1n) is 31.1. The van der Waals surface area contributed by atoms with E-state index < -0.39 is 0 Å². The van der Waals surface area contributed by atoms with Crippen LogP contribution in [0, 0.1) is 0 Å². The van der Waals surface area contributed by atoms with Gasteiger partial charge in [-0.1, -0.05) is 206 Å². The third-order valence-corrected chi connectivity index (χ3v) is 19.8. The van der Waals surface area contributed by atoms with Gasteiger partial charge in [0.05, 0.1) is 0 Å². The van der Waals surface area contributed by atoms with Gasteiger partial charge in [-0.25, -0.2) is 0 Å². The van der Waals surface area contributed by atoms with Gasteiger partial charge in [0, 0.05) is 78.6 Å². The molecule has 2 aliphatic carbocycles. The highest BCUT2D eigenvalue weighted by Gasteiger charge is 2.42. The molecule has 4 nitrogen and oxygen atoms in total. The van der Waals surface area contributed by atoms with Crippen LogP contribution in [0.15, 0.2) is 324 Å². The van der Waals surface area contributed by atoms with Crippen molar-refractivity contribution in [3.8, 4) is 44.5 Å². The third-order valence-electron chi connectivity index (χ3n) is 19.8. The molecule has 0 atom stereocenters. The number of anilines is 6. The van der Waals surface area contributed by atoms with Gasteiger partial charge in [0.1, 0.15) is 22.3 Å². The van der Waals surface area contributed by atoms with Gasteiger partial charge in [0.2, 0.25) is 0 Å². The van der Waals surface area contributed by atoms with Gasteiger partial charge in [-0.3, -0.25) is 0 Å². The Labute approximate surface area is 522 Å². The number of benzene rings is 14. The summed E-state index contributed by atoms with van der Waals surface area (Å²) in [6, 6.07) is 115. The molecule has 0 saturated heterocycles. The summed E-state index contributed by atoms with van der Waals surface area (Å²) in [5.74, 6) is 0. The predicted octanol–water partition coefficient (Wildman–Crippen LogP) is 23.6. The lowest BCUT2D eigenvalue weighted by atomic mass is 9.74. The molecule has 4 heteroatoms. The number of hydrogen-bond donors (Lipinski definition) is 0. The maximum Gasteiger partial charge on any atom is 0.137 e. The summed E-state index contributed by atoms with van der Waals surface area (Å²) in [4.78, 5) is 4.74. The first-order valence-corrected chi connectivity index (χ1v) is 31.1. The lowest BCUT2D eigenvalue weighted by Gasteiger charge is -2.31. The second-order valence-corrected chi connectivity index (χ2v) is 24.6. The van der Waals surface area contributed by atoms with Crippen molar-refractivity contribution in [1.82, 2.24) is 0 Å². The molecule has 90 heavy (non-hydrogen) atoms. The molecule has 0 unspecified atom stereocenters. The molecule has 0 radical (unpaired) electrons.